The maximum Gasteiger partial charge on any atom is 0.331 e. The lowest BCUT2D eigenvalue weighted by molar-refractivity contribution is -0.148. The molecule has 1 amide bonds. The van der Waals surface area contributed by atoms with E-state index in [-0.39, 0.29) is 4.90 Å². The molecule has 166 valence electrons. The van der Waals surface area contributed by atoms with Crippen molar-refractivity contribution in [2.45, 2.75) is 38.7 Å². The van der Waals surface area contributed by atoms with Crippen molar-refractivity contribution in [2.24, 2.45) is 0 Å². The molecule has 0 radical (unpaired) electrons. The molecule has 8 heteroatoms. The number of nitrogens with one attached hydrogen (secondary N) is 1. The summed E-state index contributed by atoms with van der Waals surface area (Å²) >= 11 is 0. The Hall–Kier alpha value is -2.97. The number of amides is 1. The molecule has 1 N–H and O–H groups in total. The molecule has 1 unspecified atom stereocenters. The monoisotopic (exact) mass is 444 g/mol. The molecule has 0 saturated carbocycles. The predicted molar refractivity (Wildman–Crippen MR) is 121 cm³/mol. The standard InChI is InChI=1S/C23H28N2O5S/c1-5-25(6-2)31(28,29)21-13-10-19(11-14-21)12-15-22(26)30-18(4)23(27)24-20-9-7-8-17(3)16-20/h7-16,18H,5-6H2,1-4H3,(H,24,27)/b15-12+. The summed E-state index contributed by atoms with van der Waals surface area (Å²) in [6.45, 7) is 7.75. The van der Waals surface area contributed by atoms with Crippen LogP contribution in [-0.4, -0.2) is 43.8 Å². The summed E-state index contributed by atoms with van der Waals surface area (Å²) in [5, 5.41) is 2.70. The van der Waals surface area contributed by atoms with E-state index in [1.807, 2.05) is 25.1 Å². The van der Waals surface area contributed by atoms with E-state index in [0.717, 1.165) is 5.56 Å². The fourth-order valence-corrected chi connectivity index (χ4v) is 4.32. The maximum absolute atomic E-state index is 12.5. The van der Waals surface area contributed by atoms with Crippen LogP contribution in [0.15, 0.2) is 59.5 Å². The van der Waals surface area contributed by atoms with E-state index in [4.69, 9.17) is 4.74 Å². The van der Waals surface area contributed by atoms with Crippen molar-refractivity contribution in [3.63, 3.8) is 0 Å². The minimum absolute atomic E-state index is 0.192. The lowest BCUT2D eigenvalue weighted by Crippen LogP contribution is -2.30. The summed E-state index contributed by atoms with van der Waals surface area (Å²) in [4.78, 5) is 24.4. The first-order valence-corrected chi connectivity index (χ1v) is 11.5. The van der Waals surface area contributed by atoms with Gasteiger partial charge in [0.1, 0.15) is 0 Å². The molecular weight excluding hydrogens is 416 g/mol. The van der Waals surface area contributed by atoms with E-state index in [1.165, 1.54) is 35.5 Å². The molecule has 0 saturated heterocycles. The third-order valence-electron chi connectivity index (χ3n) is 4.58. The zero-order valence-corrected chi connectivity index (χ0v) is 19.0. The van der Waals surface area contributed by atoms with Gasteiger partial charge in [-0.2, -0.15) is 4.31 Å². The van der Waals surface area contributed by atoms with Crippen LogP contribution in [0, 0.1) is 6.92 Å². The summed E-state index contributed by atoms with van der Waals surface area (Å²) in [5.41, 5.74) is 2.26. The number of hydrogen-bond acceptors (Lipinski definition) is 5. The van der Waals surface area contributed by atoms with Gasteiger partial charge >= 0.3 is 5.97 Å². The van der Waals surface area contributed by atoms with Crippen LogP contribution in [0.25, 0.3) is 6.08 Å². The van der Waals surface area contributed by atoms with Gasteiger partial charge in [-0.25, -0.2) is 13.2 Å². The Morgan fingerprint density at radius 2 is 1.74 bits per heavy atom. The second kappa shape index (κ2) is 10.9. The van der Waals surface area contributed by atoms with Gasteiger partial charge in [0.05, 0.1) is 4.90 Å². The lowest BCUT2D eigenvalue weighted by atomic mass is 10.2. The Morgan fingerprint density at radius 3 is 2.32 bits per heavy atom. The predicted octanol–water partition coefficient (Wildman–Crippen LogP) is 3.61. The average Bonchev–Trinajstić information content (AvgIpc) is 2.73. The molecule has 0 fully saturated rings. The van der Waals surface area contributed by atoms with Crippen LogP contribution in [-0.2, 0) is 24.3 Å². The summed E-state index contributed by atoms with van der Waals surface area (Å²) in [5.74, 6) is -1.11. The number of benzene rings is 2. The van der Waals surface area contributed by atoms with Crippen molar-refractivity contribution in [1.82, 2.24) is 4.31 Å². The fraction of sp³-hybridized carbons (Fsp3) is 0.304. The van der Waals surface area contributed by atoms with E-state index in [2.05, 4.69) is 5.32 Å². The van der Waals surface area contributed by atoms with Crippen molar-refractivity contribution >= 4 is 33.7 Å². The number of esters is 1. The zero-order valence-electron chi connectivity index (χ0n) is 18.2. The Labute approximate surface area is 183 Å². The number of aryl methyl sites for hydroxylation is 1. The molecule has 0 aliphatic carbocycles. The summed E-state index contributed by atoms with van der Waals surface area (Å²) in [6.07, 6.45) is 1.73. The van der Waals surface area contributed by atoms with Gasteiger partial charge in [0.25, 0.3) is 5.91 Å². The maximum atomic E-state index is 12.5. The molecule has 2 aromatic rings. The molecular formula is C23H28N2O5S. The Balaban J connectivity index is 1.96. The molecule has 0 aliphatic rings. The van der Waals surface area contributed by atoms with E-state index in [9.17, 15) is 18.0 Å². The van der Waals surface area contributed by atoms with E-state index in [1.54, 1.807) is 32.0 Å². The quantitative estimate of drug-likeness (QED) is 0.471. The number of rotatable bonds is 9. The topological polar surface area (TPSA) is 92.8 Å². The second-order valence-electron chi connectivity index (χ2n) is 6.93. The van der Waals surface area contributed by atoms with Gasteiger partial charge in [-0.15, -0.1) is 0 Å². The summed E-state index contributed by atoms with van der Waals surface area (Å²) in [6, 6.07) is 13.5. The SMILES string of the molecule is CCN(CC)S(=O)(=O)c1ccc(/C=C/C(=O)OC(C)C(=O)Nc2cccc(C)c2)cc1. The van der Waals surface area contributed by atoms with Gasteiger partial charge in [-0.1, -0.05) is 38.1 Å². The molecule has 0 heterocycles. The normalized spacial score (nSPS) is 12.7. The summed E-state index contributed by atoms with van der Waals surface area (Å²) in [7, 11) is -3.53. The Kier molecular flexibility index (Phi) is 8.53. The summed E-state index contributed by atoms with van der Waals surface area (Å²) < 4.78 is 31.5. The molecule has 0 bridgehead atoms. The highest BCUT2D eigenvalue weighted by molar-refractivity contribution is 7.89. The van der Waals surface area contributed by atoms with Crippen molar-refractivity contribution in [2.75, 3.05) is 18.4 Å². The first kappa shape index (κ1) is 24.3. The van der Waals surface area contributed by atoms with Crippen molar-refractivity contribution in [1.29, 1.82) is 0 Å². The molecule has 2 rings (SSSR count). The minimum Gasteiger partial charge on any atom is -0.449 e. The van der Waals surface area contributed by atoms with Crippen molar-refractivity contribution in [3.8, 4) is 0 Å². The van der Waals surface area contributed by atoms with Crippen LogP contribution in [0.2, 0.25) is 0 Å². The number of carbonyl (C=O) groups excluding carboxylic acids is 2. The lowest BCUT2D eigenvalue weighted by Gasteiger charge is -2.18. The van der Waals surface area contributed by atoms with Crippen molar-refractivity contribution in [3.05, 3.63) is 65.7 Å². The van der Waals surface area contributed by atoms with Gasteiger partial charge in [-0.05, 0) is 55.3 Å². The number of nitrogens with zero attached hydrogens (tertiary/aromatic N) is 1. The van der Waals surface area contributed by atoms with E-state index < -0.39 is 28.0 Å². The Morgan fingerprint density at radius 1 is 1.10 bits per heavy atom. The number of ether oxygens (including phenoxy) is 1. The number of sulfonamides is 1. The first-order chi connectivity index (χ1) is 14.7. The van der Waals surface area contributed by atoms with Crippen LogP contribution in [0.4, 0.5) is 5.69 Å². The number of anilines is 1. The zero-order chi connectivity index (χ0) is 23.0. The van der Waals surface area contributed by atoms with Gasteiger partial charge < -0.3 is 10.1 Å². The third-order valence-corrected chi connectivity index (χ3v) is 6.65. The fourth-order valence-electron chi connectivity index (χ4n) is 2.86. The smallest absolute Gasteiger partial charge is 0.331 e. The highest BCUT2D eigenvalue weighted by Gasteiger charge is 2.21. The average molecular weight is 445 g/mol. The molecule has 0 aromatic heterocycles. The second-order valence-corrected chi connectivity index (χ2v) is 8.87. The first-order valence-electron chi connectivity index (χ1n) is 10.0. The van der Waals surface area contributed by atoms with Gasteiger partial charge in [-0.3, -0.25) is 4.79 Å². The molecule has 1 atom stereocenters. The highest BCUT2D eigenvalue weighted by Crippen LogP contribution is 2.17. The molecule has 0 spiro atoms. The van der Waals surface area contributed by atoms with E-state index in [0.29, 0.717) is 24.3 Å². The third kappa shape index (κ3) is 6.77. The molecule has 7 nitrogen and oxygen atoms in total. The molecule has 2 aromatic carbocycles. The van der Waals surface area contributed by atoms with Crippen LogP contribution < -0.4 is 5.32 Å². The number of carbonyl (C=O) groups is 2. The van der Waals surface area contributed by atoms with Gasteiger partial charge in [0, 0.05) is 24.9 Å². The highest BCUT2D eigenvalue weighted by atomic mass is 32.2. The van der Waals surface area contributed by atoms with Crippen LogP contribution in [0.3, 0.4) is 0 Å². The van der Waals surface area contributed by atoms with Crippen LogP contribution >= 0.6 is 0 Å². The van der Waals surface area contributed by atoms with Crippen molar-refractivity contribution < 1.29 is 22.7 Å². The molecule has 31 heavy (non-hydrogen) atoms. The van der Waals surface area contributed by atoms with Crippen LogP contribution in [0.5, 0.6) is 0 Å². The minimum atomic E-state index is -3.53. The van der Waals surface area contributed by atoms with E-state index >= 15 is 0 Å². The molecule has 0 aliphatic heterocycles. The van der Waals surface area contributed by atoms with Gasteiger partial charge in [0.2, 0.25) is 10.0 Å². The Bertz CT molecular complexity index is 1040. The largest absolute Gasteiger partial charge is 0.449 e. The van der Waals surface area contributed by atoms with Gasteiger partial charge in [0.15, 0.2) is 6.10 Å². The van der Waals surface area contributed by atoms with Crippen LogP contribution in [0.1, 0.15) is 31.9 Å². The number of hydrogen-bond donors (Lipinski definition) is 1.